The van der Waals surface area contributed by atoms with Crippen molar-refractivity contribution in [3.8, 4) is 0 Å². The van der Waals surface area contributed by atoms with Crippen molar-refractivity contribution in [3.05, 3.63) is 35.4 Å². The van der Waals surface area contributed by atoms with Gasteiger partial charge in [0.05, 0.1) is 12.3 Å². The van der Waals surface area contributed by atoms with E-state index in [1.54, 1.807) is 0 Å². The molecule has 0 saturated carbocycles. The zero-order chi connectivity index (χ0) is 13.1. The summed E-state index contributed by atoms with van der Waals surface area (Å²) in [6, 6.07) is 3.58. The molecule has 0 unspecified atom stereocenters. The minimum absolute atomic E-state index is 0.153. The highest BCUT2D eigenvalue weighted by Crippen LogP contribution is 2.18. The predicted octanol–water partition coefficient (Wildman–Crippen LogP) is 1.59. The Morgan fingerprint density at radius 3 is 2.94 bits per heavy atom. The van der Waals surface area contributed by atoms with Crippen LogP contribution in [0, 0.1) is 11.6 Å². The van der Waals surface area contributed by atoms with E-state index in [0.29, 0.717) is 24.2 Å². The summed E-state index contributed by atoms with van der Waals surface area (Å²) in [4.78, 5) is 15.8. The fraction of sp³-hybridized carbons (Fsp3) is 0.333. The molecule has 2 rings (SSSR count). The Kier molecular flexibility index (Phi) is 3.55. The normalized spacial score (nSPS) is 18.2. The molecule has 1 aromatic rings. The van der Waals surface area contributed by atoms with Gasteiger partial charge >= 0.3 is 0 Å². The first-order valence-electron chi connectivity index (χ1n) is 5.49. The van der Waals surface area contributed by atoms with Crippen molar-refractivity contribution in [2.45, 2.75) is 19.4 Å². The Balaban J connectivity index is 1.99. The van der Waals surface area contributed by atoms with Crippen LogP contribution in [0.5, 0.6) is 0 Å². The van der Waals surface area contributed by atoms with E-state index in [0.717, 1.165) is 12.1 Å². The number of hydrogen-bond donors (Lipinski definition) is 1. The Morgan fingerprint density at radius 2 is 2.28 bits per heavy atom. The Bertz CT molecular complexity index is 503. The molecule has 0 bridgehead atoms. The fourth-order valence-corrected chi connectivity index (χ4v) is 1.64. The molecule has 96 valence electrons. The number of benzene rings is 1. The smallest absolute Gasteiger partial charge is 0.217 e. The summed E-state index contributed by atoms with van der Waals surface area (Å²) < 4.78 is 25.8. The topological polar surface area (TPSA) is 50.7 Å². The van der Waals surface area contributed by atoms with Gasteiger partial charge in [-0.15, -0.1) is 0 Å². The number of nitrogens with one attached hydrogen (secondary N) is 1. The van der Waals surface area contributed by atoms with Gasteiger partial charge in [0.1, 0.15) is 6.10 Å². The van der Waals surface area contributed by atoms with Crippen LogP contribution in [-0.4, -0.2) is 24.3 Å². The van der Waals surface area contributed by atoms with Gasteiger partial charge in [0, 0.05) is 18.9 Å². The van der Waals surface area contributed by atoms with Crippen LogP contribution >= 0.6 is 0 Å². The average Bonchev–Trinajstić information content (AvgIpc) is 2.79. The highest BCUT2D eigenvalue weighted by molar-refractivity contribution is 6.01. The lowest BCUT2D eigenvalue weighted by Crippen LogP contribution is -2.30. The maximum atomic E-state index is 13.1. The summed E-state index contributed by atoms with van der Waals surface area (Å²) in [6.07, 6.45) is 0.183. The average molecular weight is 254 g/mol. The Hall–Kier alpha value is -1.98. The van der Waals surface area contributed by atoms with Crippen LogP contribution < -0.4 is 5.32 Å². The van der Waals surface area contributed by atoms with Gasteiger partial charge in [0.25, 0.3) is 0 Å². The largest absolute Gasteiger partial charge is 0.390 e. The first-order chi connectivity index (χ1) is 8.56. The van der Waals surface area contributed by atoms with Gasteiger partial charge in [0.2, 0.25) is 5.91 Å². The zero-order valence-electron chi connectivity index (χ0n) is 9.74. The molecule has 0 spiro atoms. The third-order valence-corrected chi connectivity index (χ3v) is 2.56. The number of oxime groups is 1. The molecule has 0 saturated heterocycles. The van der Waals surface area contributed by atoms with Crippen LogP contribution in [0.4, 0.5) is 8.78 Å². The second-order valence-corrected chi connectivity index (χ2v) is 4.04. The summed E-state index contributed by atoms with van der Waals surface area (Å²) in [5.74, 6) is -1.96. The monoisotopic (exact) mass is 254 g/mol. The van der Waals surface area contributed by atoms with Gasteiger partial charge in [0.15, 0.2) is 11.6 Å². The number of halogens is 2. The lowest BCUT2D eigenvalue weighted by atomic mass is 10.0. The number of nitrogens with zero attached hydrogens (tertiary/aromatic N) is 1. The summed E-state index contributed by atoms with van der Waals surface area (Å²) in [5, 5.41) is 6.42. The maximum absolute atomic E-state index is 13.1. The third kappa shape index (κ3) is 2.82. The van der Waals surface area contributed by atoms with Crippen molar-refractivity contribution >= 4 is 11.6 Å². The third-order valence-electron chi connectivity index (χ3n) is 2.56. The first-order valence-corrected chi connectivity index (χ1v) is 5.49. The van der Waals surface area contributed by atoms with E-state index < -0.39 is 11.6 Å². The van der Waals surface area contributed by atoms with Crippen molar-refractivity contribution in [1.29, 1.82) is 0 Å². The first kappa shape index (κ1) is 12.5. The molecule has 18 heavy (non-hydrogen) atoms. The molecule has 0 radical (unpaired) electrons. The molecule has 1 heterocycles. The van der Waals surface area contributed by atoms with Crippen LogP contribution in [0.3, 0.4) is 0 Å². The number of rotatable bonds is 3. The van der Waals surface area contributed by atoms with E-state index in [1.807, 2.05) is 0 Å². The number of amides is 1. The quantitative estimate of drug-likeness (QED) is 0.890. The molecule has 1 amide bonds. The standard InChI is InChI=1S/C12H12F2N2O2/c1-7(17)15-6-9-5-12(16-18-9)8-2-3-10(13)11(14)4-8/h2-4,9H,5-6H2,1H3,(H,15,17)/t9-/m1/s1. The van der Waals surface area contributed by atoms with E-state index >= 15 is 0 Å². The molecule has 1 N–H and O–H groups in total. The molecule has 1 aliphatic heterocycles. The van der Waals surface area contributed by atoms with E-state index in [4.69, 9.17) is 4.84 Å². The SMILES string of the molecule is CC(=O)NC[C@H]1CC(c2ccc(F)c(F)c2)=NO1. The number of carbonyl (C=O) groups is 1. The van der Waals surface area contributed by atoms with Crippen molar-refractivity contribution < 1.29 is 18.4 Å². The molecular formula is C12H12F2N2O2. The lowest BCUT2D eigenvalue weighted by molar-refractivity contribution is -0.119. The van der Waals surface area contributed by atoms with Crippen molar-refractivity contribution in [3.63, 3.8) is 0 Å². The van der Waals surface area contributed by atoms with Gasteiger partial charge in [-0.25, -0.2) is 8.78 Å². The van der Waals surface area contributed by atoms with Crippen molar-refractivity contribution in [2.75, 3.05) is 6.54 Å². The van der Waals surface area contributed by atoms with E-state index in [2.05, 4.69) is 10.5 Å². The van der Waals surface area contributed by atoms with Gasteiger partial charge in [-0.3, -0.25) is 4.79 Å². The molecule has 0 aliphatic carbocycles. The van der Waals surface area contributed by atoms with Crippen LogP contribution in [0.1, 0.15) is 18.9 Å². The highest BCUT2D eigenvalue weighted by Gasteiger charge is 2.22. The fourth-order valence-electron chi connectivity index (χ4n) is 1.64. The predicted molar refractivity (Wildman–Crippen MR) is 61.1 cm³/mol. The summed E-state index contributed by atoms with van der Waals surface area (Å²) >= 11 is 0. The second-order valence-electron chi connectivity index (χ2n) is 4.04. The molecule has 1 aromatic carbocycles. The van der Waals surface area contributed by atoms with E-state index in [9.17, 15) is 13.6 Å². The number of carbonyl (C=O) groups excluding carboxylic acids is 1. The summed E-state index contributed by atoms with van der Waals surface area (Å²) in [5.41, 5.74) is 1.03. The second kappa shape index (κ2) is 5.12. The van der Waals surface area contributed by atoms with Gasteiger partial charge in [-0.05, 0) is 18.2 Å². The van der Waals surface area contributed by atoms with Crippen LogP contribution in [-0.2, 0) is 9.63 Å². The minimum Gasteiger partial charge on any atom is -0.390 e. The molecular weight excluding hydrogens is 242 g/mol. The van der Waals surface area contributed by atoms with E-state index in [-0.39, 0.29) is 12.0 Å². The maximum Gasteiger partial charge on any atom is 0.217 e. The molecule has 1 aliphatic rings. The van der Waals surface area contributed by atoms with Crippen molar-refractivity contribution in [2.24, 2.45) is 5.16 Å². The number of hydrogen-bond acceptors (Lipinski definition) is 3. The van der Waals surface area contributed by atoms with E-state index in [1.165, 1.54) is 13.0 Å². The lowest BCUT2D eigenvalue weighted by Gasteiger charge is -2.07. The molecule has 6 heteroatoms. The van der Waals surface area contributed by atoms with Gasteiger partial charge < -0.3 is 10.2 Å². The molecule has 4 nitrogen and oxygen atoms in total. The zero-order valence-corrected chi connectivity index (χ0v) is 9.74. The van der Waals surface area contributed by atoms with Gasteiger partial charge in [-0.1, -0.05) is 5.16 Å². The van der Waals surface area contributed by atoms with Crippen LogP contribution in [0.2, 0.25) is 0 Å². The molecule has 0 fully saturated rings. The summed E-state index contributed by atoms with van der Waals surface area (Å²) in [6.45, 7) is 1.75. The Labute approximate surface area is 103 Å². The van der Waals surface area contributed by atoms with Crippen LogP contribution in [0.25, 0.3) is 0 Å². The highest BCUT2D eigenvalue weighted by atomic mass is 19.2. The van der Waals surface area contributed by atoms with Gasteiger partial charge in [-0.2, -0.15) is 0 Å². The van der Waals surface area contributed by atoms with Crippen molar-refractivity contribution in [1.82, 2.24) is 5.32 Å². The Morgan fingerprint density at radius 1 is 1.50 bits per heavy atom. The summed E-state index contributed by atoms with van der Waals surface area (Å²) in [7, 11) is 0. The van der Waals surface area contributed by atoms with Crippen LogP contribution in [0.15, 0.2) is 23.4 Å². The minimum atomic E-state index is -0.916. The molecule has 0 aromatic heterocycles. The molecule has 1 atom stereocenters.